The minimum atomic E-state index is -0.757. The molecule has 0 aliphatic heterocycles. The minimum Gasteiger partial charge on any atom is -0.402 e. The number of halogens is 1. The Hall–Kier alpha value is -2.60. The normalized spacial score (nSPS) is 10.7. The first-order valence-electron chi connectivity index (χ1n) is 5.55. The van der Waals surface area contributed by atoms with Gasteiger partial charge in [0.1, 0.15) is 0 Å². The van der Waals surface area contributed by atoms with Crippen molar-refractivity contribution in [1.29, 1.82) is 0 Å². The summed E-state index contributed by atoms with van der Waals surface area (Å²) in [4.78, 5) is 28.8. The molecule has 1 heterocycles. The number of esters is 1. The molecule has 6 nitrogen and oxygen atoms in total. The van der Waals surface area contributed by atoms with E-state index in [2.05, 4.69) is 9.97 Å². The lowest BCUT2D eigenvalue weighted by Gasteiger charge is -1.98. The number of primary amides is 1. The molecule has 7 heteroatoms. The standard InChI is InChI=1S/C13H10ClN3O3/c14-9-4-1-8(2-5-9)3-6-10(18)20-13-11(12(15)19)16-7-17-13/h1-7H,(H2,15,19)(H,16,17). The Morgan fingerprint density at radius 2 is 2.00 bits per heavy atom. The fraction of sp³-hybridized carbons (Fsp3) is 0. The molecule has 2 rings (SSSR count). The van der Waals surface area contributed by atoms with Crippen molar-refractivity contribution in [2.24, 2.45) is 5.73 Å². The van der Waals surface area contributed by atoms with Gasteiger partial charge < -0.3 is 15.5 Å². The summed E-state index contributed by atoms with van der Waals surface area (Å²) in [6.45, 7) is 0. The van der Waals surface area contributed by atoms with Crippen molar-refractivity contribution in [3.8, 4) is 5.88 Å². The number of hydrogen-bond donors (Lipinski definition) is 2. The molecule has 0 spiro atoms. The lowest BCUT2D eigenvalue weighted by Crippen LogP contribution is -2.14. The Morgan fingerprint density at radius 3 is 2.65 bits per heavy atom. The van der Waals surface area contributed by atoms with E-state index in [1.165, 1.54) is 12.4 Å². The van der Waals surface area contributed by atoms with E-state index in [0.717, 1.165) is 5.56 Å². The number of nitrogens with zero attached hydrogens (tertiary/aromatic N) is 1. The number of benzene rings is 1. The highest BCUT2D eigenvalue weighted by molar-refractivity contribution is 6.30. The van der Waals surface area contributed by atoms with E-state index < -0.39 is 11.9 Å². The van der Waals surface area contributed by atoms with Crippen LogP contribution in [0, 0.1) is 0 Å². The van der Waals surface area contributed by atoms with E-state index in [0.29, 0.717) is 5.02 Å². The quantitative estimate of drug-likeness (QED) is 0.662. The SMILES string of the molecule is NC(=O)c1[nH]cnc1OC(=O)C=Cc1ccc(Cl)cc1. The predicted molar refractivity (Wildman–Crippen MR) is 73.2 cm³/mol. The second-order valence-corrected chi connectivity index (χ2v) is 4.19. The molecule has 1 aromatic carbocycles. The third-order valence-electron chi connectivity index (χ3n) is 2.33. The number of amides is 1. The Bertz CT molecular complexity index is 662. The number of aromatic amines is 1. The number of ether oxygens (including phenoxy) is 1. The van der Waals surface area contributed by atoms with E-state index >= 15 is 0 Å². The van der Waals surface area contributed by atoms with Crippen molar-refractivity contribution in [1.82, 2.24) is 9.97 Å². The molecule has 0 radical (unpaired) electrons. The maximum Gasteiger partial charge on any atom is 0.337 e. The zero-order valence-corrected chi connectivity index (χ0v) is 10.9. The molecule has 102 valence electrons. The highest BCUT2D eigenvalue weighted by Crippen LogP contribution is 2.13. The number of rotatable bonds is 4. The number of carbonyl (C=O) groups excluding carboxylic acids is 2. The van der Waals surface area contributed by atoms with E-state index in [1.54, 1.807) is 30.3 Å². The van der Waals surface area contributed by atoms with E-state index in [-0.39, 0.29) is 11.6 Å². The topological polar surface area (TPSA) is 98.1 Å². The highest BCUT2D eigenvalue weighted by Gasteiger charge is 2.14. The molecule has 20 heavy (non-hydrogen) atoms. The summed E-state index contributed by atoms with van der Waals surface area (Å²) in [6, 6.07) is 6.89. The third-order valence-corrected chi connectivity index (χ3v) is 2.58. The first-order valence-corrected chi connectivity index (χ1v) is 5.92. The van der Waals surface area contributed by atoms with Crippen molar-refractivity contribution in [2.75, 3.05) is 0 Å². The molecule has 0 aliphatic rings. The number of aromatic nitrogens is 2. The van der Waals surface area contributed by atoms with Crippen LogP contribution in [0.15, 0.2) is 36.7 Å². The summed E-state index contributed by atoms with van der Waals surface area (Å²) in [7, 11) is 0. The summed E-state index contributed by atoms with van der Waals surface area (Å²) < 4.78 is 4.90. The molecule has 1 amide bonds. The molecule has 0 atom stereocenters. The Balaban J connectivity index is 2.03. The summed E-state index contributed by atoms with van der Waals surface area (Å²) in [5.74, 6) is -1.58. The Kier molecular flexibility index (Phi) is 4.17. The summed E-state index contributed by atoms with van der Waals surface area (Å²) in [5.41, 5.74) is 5.81. The third kappa shape index (κ3) is 3.46. The molecule has 0 unspecified atom stereocenters. The van der Waals surface area contributed by atoms with E-state index in [1.807, 2.05) is 0 Å². The molecule has 0 aliphatic carbocycles. The van der Waals surface area contributed by atoms with Crippen LogP contribution in [0.5, 0.6) is 5.88 Å². The van der Waals surface area contributed by atoms with Crippen molar-refractivity contribution < 1.29 is 14.3 Å². The number of hydrogen-bond acceptors (Lipinski definition) is 4. The molecule has 0 saturated carbocycles. The maximum atomic E-state index is 11.6. The van der Waals surface area contributed by atoms with Crippen LogP contribution >= 0.6 is 11.6 Å². The zero-order valence-electron chi connectivity index (χ0n) is 10.2. The van der Waals surface area contributed by atoms with Gasteiger partial charge in [-0.2, -0.15) is 0 Å². The Labute approximate surface area is 119 Å². The lowest BCUT2D eigenvalue weighted by molar-refractivity contribution is -0.129. The average molecular weight is 292 g/mol. The van der Waals surface area contributed by atoms with Gasteiger partial charge in [-0.05, 0) is 23.8 Å². The molecule has 0 fully saturated rings. The van der Waals surface area contributed by atoms with Gasteiger partial charge in [0.15, 0.2) is 5.69 Å². The number of H-pyrrole nitrogens is 1. The van der Waals surface area contributed by atoms with Crippen molar-refractivity contribution in [3.05, 3.63) is 52.9 Å². The second-order valence-electron chi connectivity index (χ2n) is 3.75. The van der Waals surface area contributed by atoms with Crippen LogP contribution in [0.3, 0.4) is 0 Å². The van der Waals surface area contributed by atoms with Gasteiger partial charge in [-0.25, -0.2) is 9.78 Å². The summed E-state index contributed by atoms with van der Waals surface area (Å²) >= 11 is 5.75. The Morgan fingerprint density at radius 1 is 1.30 bits per heavy atom. The van der Waals surface area contributed by atoms with Crippen LogP contribution < -0.4 is 10.5 Å². The van der Waals surface area contributed by atoms with Gasteiger partial charge in [-0.1, -0.05) is 23.7 Å². The number of nitrogens with two attached hydrogens (primary N) is 1. The molecule has 3 N–H and O–H groups in total. The van der Waals surface area contributed by atoms with Gasteiger partial charge in [-0.3, -0.25) is 4.79 Å². The zero-order chi connectivity index (χ0) is 14.5. The predicted octanol–water partition coefficient (Wildman–Crippen LogP) is 1.78. The summed E-state index contributed by atoms with van der Waals surface area (Å²) in [5, 5.41) is 0.604. The van der Waals surface area contributed by atoms with Gasteiger partial charge in [0.05, 0.1) is 6.33 Å². The lowest BCUT2D eigenvalue weighted by atomic mass is 10.2. The van der Waals surface area contributed by atoms with Crippen LogP contribution in [-0.2, 0) is 4.79 Å². The highest BCUT2D eigenvalue weighted by atomic mass is 35.5. The minimum absolute atomic E-state index is 0.0572. The van der Waals surface area contributed by atoms with Crippen molar-refractivity contribution in [2.45, 2.75) is 0 Å². The fourth-order valence-electron chi connectivity index (χ4n) is 1.40. The van der Waals surface area contributed by atoms with Gasteiger partial charge >= 0.3 is 5.97 Å². The smallest absolute Gasteiger partial charge is 0.337 e. The largest absolute Gasteiger partial charge is 0.402 e. The molecule has 2 aromatic rings. The molecular formula is C13H10ClN3O3. The van der Waals surface area contributed by atoms with Crippen LogP contribution in [0.4, 0.5) is 0 Å². The fourth-order valence-corrected chi connectivity index (χ4v) is 1.53. The van der Waals surface area contributed by atoms with Crippen LogP contribution in [0.25, 0.3) is 6.08 Å². The number of nitrogens with one attached hydrogen (secondary N) is 1. The average Bonchev–Trinajstić information content (AvgIpc) is 2.86. The molecule has 0 bridgehead atoms. The monoisotopic (exact) mass is 291 g/mol. The van der Waals surface area contributed by atoms with Gasteiger partial charge in [-0.15, -0.1) is 0 Å². The van der Waals surface area contributed by atoms with Crippen molar-refractivity contribution >= 4 is 29.6 Å². The first kappa shape index (κ1) is 13.8. The molecule has 1 aromatic heterocycles. The second kappa shape index (κ2) is 6.03. The maximum absolute atomic E-state index is 11.6. The van der Waals surface area contributed by atoms with Gasteiger partial charge in [0, 0.05) is 11.1 Å². The summed E-state index contributed by atoms with van der Waals surface area (Å²) in [6.07, 6.45) is 3.98. The number of carbonyl (C=O) groups is 2. The van der Waals surface area contributed by atoms with Gasteiger partial charge in [0.2, 0.25) is 0 Å². The molecular weight excluding hydrogens is 282 g/mol. The molecule has 0 saturated heterocycles. The first-order chi connectivity index (χ1) is 9.56. The van der Waals surface area contributed by atoms with Gasteiger partial charge in [0.25, 0.3) is 11.8 Å². The number of imidazole rings is 1. The van der Waals surface area contributed by atoms with Crippen LogP contribution in [0.2, 0.25) is 5.02 Å². The van der Waals surface area contributed by atoms with Crippen LogP contribution in [-0.4, -0.2) is 21.8 Å². The van der Waals surface area contributed by atoms with Crippen LogP contribution in [0.1, 0.15) is 16.1 Å². The van der Waals surface area contributed by atoms with Crippen molar-refractivity contribution in [3.63, 3.8) is 0 Å². The van der Waals surface area contributed by atoms with E-state index in [9.17, 15) is 9.59 Å². The van der Waals surface area contributed by atoms with E-state index in [4.69, 9.17) is 22.1 Å².